The Morgan fingerprint density at radius 2 is 1.92 bits per heavy atom. The summed E-state index contributed by atoms with van der Waals surface area (Å²) in [5.74, 6) is -0.00819. The quantitative estimate of drug-likeness (QED) is 0.831. The molecule has 0 aromatic heterocycles. The maximum atomic E-state index is 12.8. The zero-order valence-electron chi connectivity index (χ0n) is 14.4. The Hall–Kier alpha value is -1.48. The molecule has 2 fully saturated rings. The number of amides is 1. The summed E-state index contributed by atoms with van der Waals surface area (Å²) in [4.78, 5) is 14.8. The van der Waals surface area contributed by atoms with Gasteiger partial charge in [0.1, 0.15) is 6.04 Å². The van der Waals surface area contributed by atoms with Gasteiger partial charge < -0.3 is 15.0 Å². The van der Waals surface area contributed by atoms with Crippen molar-refractivity contribution in [3.63, 3.8) is 0 Å². The summed E-state index contributed by atoms with van der Waals surface area (Å²) in [6, 6.07) is 8.09. The second-order valence-electron chi connectivity index (χ2n) is 6.40. The molecule has 8 heteroatoms. The topological polar surface area (TPSA) is 79.0 Å². The van der Waals surface area contributed by atoms with E-state index in [9.17, 15) is 13.2 Å². The van der Waals surface area contributed by atoms with Gasteiger partial charge in [0.25, 0.3) is 0 Å². The molecule has 0 aliphatic carbocycles. The minimum Gasteiger partial charge on any atom is -0.375 e. The van der Waals surface area contributed by atoms with Crippen LogP contribution in [-0.2, 0) is 19.6 Å². The lowest BCUT2D eigenvalue weighted by atomic mass is 10.1. The van der Waals surface area contributed by atoms with Crippen molar-refractivity contribution >= 4 is 15.9 Å². The second-order valence-corrected chi connectivity index (χ2v) is 8.34. The van der Waals surface area contributed by atoms with Crippen LogP contribution in [0.3, 0.4) is 0 Å². The zero-order valence-corrected chi connectivity index (χ0v) is 15.2. The molecule has 3 rings (SSSR count). The summed E-state index contributed by atoms with van der Waals surface area (Å²) in [6.07, 6.45) is 0.452. The minimum absolute atomic E-state index is 0.00819. The molecule has 2 saturated heterocycles. The molecular formula is C17H25N3O4S. The fourth-order valence-electron chi connectivity index (χ4n) is 3.30. The van der Waals surface area contributed by atoms with Gasteiger partial charge in [0.15, 0.2) is 0 Å². The zero-order chi connectivity index (χ0) is 17.9. The third-order valence-corrected chi connectivity index (χ3v) is 6.64. The van der Waals surface area contributed by atoms with E-state index in [1.54, 1.807) is 35.2 Å². The number of carbonyl (C=O) groups excluding carboxylic acids is 1. The predicted molar refractivity (Wildman–Crippen MR) is 93.6 cm³/mol. The number of hydrogen-bond acceptors (Lipinski definition) is 5. The molecule has 0 bridgehead atoms. The third-order valence-electron chi connectivity index (χ3n) is 4.73. The van der Waals surface area contributed by atoms with Crippen LogP contribution in [0.4, 0.5) is 0 Å². The van der Waals surface area contributed by atoms with E-state index in [2.05, 4.69) is 5.32 Å². The van der Waals surface area contributed by atoms with Crippen molar-refractivity contribution in [1.29, 1.82) is 0 Å². The number of nitrogens with zero attached hydrogens (tertiary/aromatic N) is 2. The van der Waals surface area contributed by atoms with Gasteiger partial charge in [0.05, 0.1) is 17.6 Å². The maximum Gasteiger partial charge on any atom is 0.243 e. The third kappa shape index (κ3) is 4.03. The van der Waals surface area contributed by atoms with Crippen molar-refractivity contribution < 1.29 is 17.9 Å². The molecule has 7 nitrogen and oxygen atoms in total. The first-order chi connectivity index (χ1) is 12.0. The summed E-state index contributed by atoms with van der Waals surface area (Å²) in [5, 5.41) is 3.21. The number of morpholine rings is 1. The average Bonchev–Trinajstić information content (AvgIpc) is 2.89. The van der Waals surface area contributed by atoms with Crippen molar-refractivity contribution in [2.75, 3.05) is 39.3 Å². The van der Waals surface area contributed by atoms with Crippen LogP contribution in [0.5, 0.6) is 0 Å². The molecular weight excluding hydrogens is 342 g/mol. The molecule has 2 aliphatic heterocycles. The second kappa shape index (κ2) is 7.82. The molecule has 1 amide bonds. The predicted octanol–water partition coefficient (Wildman–Crippen LogP) is 0.287. The SMILES string of the molecule is C[C@H]1OCCN[C@@H]1C(=O)N1CCCN(S(=O)(=O)c2ccccc2)CC1. The van der Waals surface area contributed by atoms with E-state index in [-0.39, 0.29) is 18.1 Å². The van der Waals surface area contributed by atoms with Gasteiger partial charge >= 0.3 is 0 Å². The van der Waals surface area contributed by atoms with Crippen LogP contribution in [0, 0.1) is 0 Å². The fraction of sp³-hybridized carbons (Fsp3) is 0.588. The van der Waals surface area contributed by atoms with E-state index in [4.69, 9.17) is 4.74 Å². The molecule has 2 aliphatic rings. The number of ether oxygens (including phenoxy) is 1. The van der Waals surface area contributed by atoms with Crippen LogP contribution in [0.2, 0.25) is 0 Å². The fourth-order valence-corrected chi connectivity index (χ4v) is 4.79. The van der Waals surface area contributed by atoms with Gasteiger partial charge in [0, 0.05) is 32.7 Å². The first-order valence-electron chi connectivity index (χ1n) is 8.69. The number of rotatable bonds is 3. The van der Waals surface area contributed by atoms with Crippen LogP contribution in [0.15, 0.2) is 35.2 Å². The highest BCUT2D eigenvalue weighted by Gasteiger charge is 2.34. The van der Waals surface area contributed by atoms with Gasteiger partial charge in [-0.3, -0.25) is 4.79 Å². The smallest absolute Gasteiger partial charge is 0.243 e. The molecule has 25 heavy (non-hydrogen) atoms. The highest BCUT2D eigenvalue weighted by atomic mass is 32.2. The Morgan fingerprint density at radius 1 is 1.16 bits per heavy atom. The summed E-state index contributed by atoms with van der Waals surface area (Å²) in [6.45, 7) is 4.84. The lowest BCUT2D eigenvalue weighted by molar-refractivity contribution is -0.139. The normalized spacial score (nSPS) is 26.2. The van der Waals surface area contributed by atoms with Gasteiger partial charge in [0.2, 0.25) is 15.9 Å². The van der Waals surface area contributed by atoms with E-state index < -0.39 is 10.0 Å². The first kappa shape index (κ1) is 18.3. The number of sulfonamides is 1. The molecule has 1 aromatic carbocycles. The van der Waals surface area contributed by atoms with Crippen LogP contribution in [0.25, 0.3) is 0 Å². The molecule has 0 unspecified atom stereocenters. The van der Waals surface area contributed by atoms with E-state index in [1.165, 1.54) is 4.31 Å². The monoisotopic (exact) mass is 367 g/mol. The first-order valence-corrected chi connectivity index (χ1v) is 10.1. The lowest BCUT2D eigenvalue weighted by Crippen LogP contribution is -2.56. The summed E-state index contributed by atoms with van der Waals surface area (Å²) in [5.41, 5.74) is 0. The van der Waals surface area contributed by atoms with Crippen molar-refractivity contribution in [1.82, 2.24) is 14.5 Å². The molecule has 138 valence electrons. The van der Waals surface area contributed by atoms with Crippen molar-refractivity contribution in [3.8, 4) is 0 Å². The maximum absolute atomic E-state index is 12.8. The molecule has 0 radical (unpaired) electrons. The van der Waals surface area contributed by atoms with Crippen LogP contribution >= 0.6 is 0 Å². The highest BCUT2D eigenvalue weighted by molar-refractivity contribution is 7.89. The molecule has 0 saturated carbocycles. The van der Waals surface area contributed by atoms with Gasteiger partial charge in [-0.05, 0) is 25.5 Å². The number of carbonyl (C=O) groups is 1. The van der Waals surface area contributed by atoms with Crippen molar-refractivity contribution in [2.45, 2.75) is 30.4 Å². The molecule has 1 aromatic rings. The highest BCUT2D eigenvalue weighted by Crippen LogP contribution is 2.18. The van der Waals surface area contributed by atoms with E-state index >= 15 is 0 Å². The number of hydrogen-bond donors (Lipinski definition) is 1. The number of benzene rings is 1. The van der Waals surface area contributed by atoms with Gasteiger partial charge in [-0.25, -0.2) is 8.42 Å². The van der Waals surface area contributed by atoms with Crippen molar-refractivity contribution in [3.05, 3.63) is 30.3 Å². The molecule has 1 N–H and O–H groups in total. The molecule has 2 heterocycles. The largest absolute Gasteiger partial charge is 0.375 e. The standard InChI is InChI=1S/C17H25N3O4S/c1-14-16(18-8-13-24-14)17(21)19-9-5-10-20(12-11-19)25(22,23)15-6-3-2-4-7-15/h2-4,6-7,14,16,18H,5,8-13H2,1H3/t14-,16+/m1/s1. The lowest BCUT2D eigenvalue weighted by Gasteiger charge is -2.33. The van der Waals surface area contributed by atoms with Crippen LogP contribution in [-0.4, -0.2) is 75.0 Å². The Bertz CT molecular complexity index is 695. The summed E-state index contributed by atoms with van der Waals surface area (Å²) < 4.78 is 32.5. The van der Waals surface area contributed by atoms with E-state index in [0.717, 1.165) is 0 Å². The summed E-state index contributed by atoms with van der Waals surface area (Å²) in [7, 11) is -3.52. The van der Waals surface area contributed by atoms with Crippen LogP contribution in [0.1, 0.15) is 13.3 Å². The molecule has 0 spiro atoms. The summed E-state index contributed by atoms with van der Waals surface area (Å²) >= 11 is 0. The van der Waals surface area contributed by atoms with E-state index in [1.807, 2.05) is 6.92 Å². The van der Waals surface area contributed by atoms with Crippen LogP contribution < -0.4 is 5.32 Å². The van der Waals surface area contributed by atoms with Gasteiger partial charge in [-0.2, -0.15) is 4.31 Å². The van der Waals surface area contributed by atoms with Gasteiger partial charge in [-0.1, -0.05) is 18.2 Å². The Balaban J connectivity index is 1.67. The van der Waals surface area contributed by atoms with E-state index in [0.29, 0.717) is 50.6 Å². The average molecular weight is 367 g/mol. The Labute approximate surface area is 149 Å². The van der Waals surface area contributed by atoms with Gasteiger partial charge in [-0.15, -0.1) is 0 Å². The Morgan fingerprint density at radius 3 is 2.64 bits per heavy atom. The minimum atomic E-state index is -3.52. The Kier molecular flexibility index (Phi) is 5.73. The molecule has 2 atom stereocenters. The van der Waals surface area contributed by atoms with Crippen molar-refractivity contribution in [2.24, 2.45) is 0 Å². The number of nitrogens with one attached hydrogen (secondary N) is 1.